The Bertz CT molecular complexity index is 13.5. The first-order chi connectivity index (χ1) is 2.73. The molecule has 0 aliphatic carbocycles. The third-order valence-corrected chi connectivity index (χ3v) is 0. The van der Waals surface area contributed by atoms with Crippen molar-refractivity contribution in [1.82, 2.24) is 0 Å². The first kappa shape index (κ1) is 10.5. The van der Waals surface area contributed by atoms with E-state index in [4.69, 9.17) is 29.1 Å². The zero-order valence-corrected chi connectivity index (χ0v) is 7.37. The molecule has 4 heteroatoms. The van der Waals surface area contributed by atoms with Crippen LogP contribution in [-0.2, 0) is 13.0 Å². The quantitative estimate of drug-likeness (QED) is 0.570. The van der Waals surface area contributed by atoms with Crippen LogP contribution in [0.25, 0.3) is 0 Å². The van der Waals surface area contributed by atoms with Crippen molar-refractivity contribution in [1.29, 1.82) is 0 Å². The van der Waals surface area contributed by atoms with Crippen molar-refractivity contribution in [3.63, 3.8) is 0 Å². The number of halogens is 3. The Morgan fingerprint density at radius 3 is 1.00 bits per heavy atom. The van der Waals surface area contributed by atoms with E-state index in [-0.39, 0.29) is 0 Å². The minimum atomic E-state index is -1.66. The van der Waals surface area contributed by atoms with Gasteiger partial charge in [0.15, 0.2) is 0 Å². The van der Waals surface area contributed by atoms with Gasteiger partial charge in [0, 0.05) is 0 Å². The second kappa shape index (κ2) is 9.71. The fourth-order valence-electron chi connectivity index (χ4n) is 0. The maximum atomic E-state index is 4.94. The number of rotatable bonds is 0. The summed E-state index contributed by atoms with van der Waals surface area (Å²) in [5, 5.41) is 0. The van der Waals surface area contributed by atoms with E-state index in [0.29, 0.717) is 0 Å². The summed E-state index contributed by atoms with van der Waals surface area (Å²) in [7, 11) is 14.8. The normalized spacial score (nSPS) is 8.50. The third-order valence-electron chi connectivity index (χ3n) is 0. The van der Waals surface area contributed by atoms with Crippen molar-refractivity contribution in [2.45, 2.75) is 13.8 Å². The molecular weight excluding hydrogens is 233 g/mol. The molecule has 0 aliphatic heterocycles. The van der Waals surface area contributed by atoms with Gasteiger partial charge >= 0.3 is 42.1 Å². The van der Waals surface area contributed by atoms with Gasteiger partial charge in [0.1, 0.15) is 0 Å². The van der Waals surface area contributed by atoms with Gasteiger partial charge in [-0.2, -0.15) is 0 Å². The van der Waals surface area contributed by atoms with Crippen molar-refractivity contribution in [2.24, 2.45) is 0 Å². The van der Waals surface area contributed by atoms with Crippen LogP contribution in [0.15, 0.2) is 0 Å². The molecule has 0 atom stereocenters. The Hall–Kier alpha value is 1.49. The molecule has 0 bridgehead atoms. The molecular formula is C2H6Cl3Rh. The number of hydrogen-bond acceptors (Lipinski definition) is 0. The van der Waals surface area contributed by atoms with Crippen LogP contribution < -0.4 is 0 Å². The predicted molar refractivity (Wildman–Crippen MR) is 28.9 cm³/mol. The molecule has 0 heterocycles. The fraction of sp³-hybridized carbons (Fsp3) is 1.00. The molecule has 0 unspecified atom stereocenters. The summed E-state index contributed by atoms with van der Waals surface area (Å²) in [5.41, 5.74) is 0. The first-order valence-electron chi connectivity index (χ1n) is 1.38. The fourth-order valence-corrected chi connectivity index (χ4v) is 0. The molecule has 0 aromatic rings. The van der Waals surface area contributed by atoms with Crippen LogP contribution in [0.4, 0.5) is 0 Å². The van der Waals surface area contributed by atoms with E-state index in [0.717, 1.165) is 0 Å². The van der Waals surface area contributed by atoms with Crippen LogP contribution in [-0.4, -0.2) is 0 Å². The molecule has 0 nitrogen and oxygen atoms in total. The van der Waals surface area contributed by atoms with Crippen molar-refractivity contribution >= 4 is 29.1 Å². The van der Waals surface area contributed by atoms with Gasteiger partial charge in [-0.05, 0) is 0 Å². The molecule has 0 aromatic heterocycles. The first-order valence-corrected chi connectivity index (χ1v) is 7.71. The van der Waals surface area contributed by atoms with Crippen molar-refractivity contribution in [2.75, 3.05) is 0 Å². The number of hydrogen-bond donors (Lipinski definition) is 0. The topological polar surface area (TPSA) is 0 Å². The Kier molecular flexibility index (Phi) is 16.9. The van der Waals surface area contributed by atoms with Crippen LogP contribution in [0.3, 0.4) is 0 Å². The van der Waals surface area contributed by atoms with Gasteiger partial charge in [0.25, 0.3) is 0 Å². The Morgan fingerprint density at radius 1 is 1.00 bits per heavy atom. The van der Waals surface area contributed by atoms with Gasteiger partial charge in [0.2, 0.25) is 0 Å². The summed E-state index contributed by atoms with van der Waals surface area (Å²) in [5.74, 6) is 0. The van der Waals surface area contributed by atoms with Crippen LogP contribution in [0.1, 0.15) is 13.8 Å². The molecule has 0 fully saturated rings. The molecule has 0 aliphatic rings. The van der Waals surface area contributed by atoms with E-state index >= 15 is 0 Å². The Morgan fingerprint density at radius 2 is 1.00 bits per heavy atom. The summed E-state index contributed by atoms with van der Waals surface area (Å²) in [6.07, 6.45) is 0. The molecule has 0 saturated carbocycles. The average molecular weight is 239 g/mol. The molecule has 0 radical (unpaired) electrons. The molecule has 44 valence electrons. The second-order valence-corrected chi connectivity index (χ2v) is 7.61. The molecule has 0 aromatic carbocycles. The van der Waals surface area contributed by atoms with Gasteiger partial charge in [-0.25, -0.2) is 0 Å². The van der Waals surface area contributed by atoms with Gasteiger partial charge in [0.05, 0.1) is 0 Å². The zero-order valence-electron chi connectivity index (χ0n) is 3.47. The maximum absolute atomic E-state index is 4.94. The van der Waals surface area contributed by atoms with E-state index in [1.165, 1.54) is 0 Å². The second-order valence-electron chi connectivity index (χ2n) is 0.143. The average Bonchev–Trinajstić information content (AvgIpc) is 1.41. The van der Waals surface area contributed by atoms with Crippen LogP contribution in [0.5, 0.6) is 0 Å². The van der Waals surface area contributed by atoms with E-state index < -0.39 is 13.0 Å². The van der Waals surface area contributed by atoms with Crippen LogP contribution >= 0.6 is 29.1 Å². The molecule has 0 spiro atoms. The van der Waals surface area contributed by atoms with Gasteiger partial charge < -0.3 is 0 Å². The Labute approximate surface area is 55.8 Å². The van der Waals surface area contributed by atoms with E-state index in [1.807, 2.05) is 13.8 Å². The SMILES string of the molecule is CC.[Cl][Rh]([Cl])[Cl]. The van der Waals surface area contributed by atoms with E-state index in [1.54, 1.807) is 0 Å². The summed E-state index contributed by atoms with van der Waals surface area (Å²) < 4.78 is 0. The van der Waals surface area contributed by atoms with Crippen molar-refractivity contribution < 1.29 is 13.0 Å². The van der Waals surface area contributed by atoms with Crippen LogP contribution in [0.2, 0.25) is 0 Å². The van der Waals surface area contributed by atoms with Crippen LogP contribution in [0, 0.1) is 0 Å². The summed E-state index contributed by atoms with van der Waals surface area (Å²) in [4.78, 5) is 0. The van der Waals surface area contributed by atoms with E-state index in [9.17, 15) is 0 Å². The monoisotopic (exact) mass is 238 g/mol. The van der Waals surface area contributed by atoms with Crippen molar-refractivity contribution in [3.8, 4) is 0 Å². The van der Waals surface area contributed by atoms with Crippen molar-refractivity contribution in [3.05, 3.63) is 0 Å². The zero-order chi connectivity index (χ0) is 5.58. The van der Waals surface area contributed by atoms with Gasteiger partial charge in [-0.15, -0.1) is 0 Å². The van der Waals surface area contributed by atoms with Gasteiger partial charge in [-0.1, -0.05) is 13.8 Å². The Balaban J connectivity index is 0. The standard InChI is InChI=1S/C2H6.3ClH.Rh/c1-2;;;;/h1-2H3;3*1H;/q;;;;+3/p-3. The molecule has 0 amide bonds. The van der Waals surface area contributed by atoms with E-state index in [2.05, 4.69) is 0 Å². The summed E-state index contributed by atoms with van der Waals surface area (Å²) in [6, 6.07) is 0. The molecule has 0 saturated heterocycles. The summed E-state index contributed by atoms with van der Waals surface area (Å²) in [6.45, 7) is 4.00. The molecule has 6 heavy (non-hydrogen) atoms. The van der Waals surface area contributed by atoms with Gasteiger partial charge in [-0.3, -0.25) is 0 Å². The third kappa shape index (κ3) is 49.7. The molecule has 0 rings (SSSR count). The summed E-state index contributed by atoms with van der Waals surface area (Å²) >= 11 is -1.66. The minimum absolute atomic E-state index is 1.66. The predicted octanol–water partition coefficient (Wildman–Crippen LogP) is 3.09. The molecule has 0 N–H and O–H groups in total.